The number of hydrogen-bond acceptors (Lipinski definition) is 4. The summed E-state index contributed by atoms with van der Waals surface area (Å²) in [6.45, 7) is 2.40. The molecule has 1 aliphatic rings. The van der Waals surface area contributed by atoms with E-state index >= 15 is 0 Å². The molecular weight excluding hydrogens is 418 g/mol. The highest BCUT2D eigenvalue weighted by Gasteiger charge is 2.36. The fourth-order valence-corrected chi connectivity index (χ4v) is 5.35. The monoisotopic (exact) mass is 439 g/mol. The van der Waals surface area contributed by atoms with Gasteiger partial charge >= 0.3 is 0 Å². The van der Waals surface area contributed by atoms with Gasteiger partial charge < -0.3 is 9.47 Å². The summed E-state index contributed by atoms with van der Waals surface area (Å²) in [6, 6.07) is 10.5. The Hall–Kier alpha value is -1.57. The van der Waals surface area contributed by atoms with Gasteiger partial charge in [-0.2, -0.15) is 4.31 Å². The summed E-state index contributed by atoms with van der Waals surface area (Å²) in [5.74, 6) is 1.24. The highest BCUT2D eigenvalue weighted by molar-refractivity contribution is 9.10. The quantitative estimate of drug-likeness (QED) is 0.696. The predicted octanol–water partition coefficient (Wildman–Crippen LogP) is 4.30. The van der Waals surface area contributed by atoms with Crippen molar-refractivity contribution in [2.75, 3.05) is 20.8 Å². The van der Waals surface area contributed by atoms with E-state index in [0.717, 1.165) is 28.4 Å². The molecular formula is C19H22BrNO4S. The molecule has 0 unspecified atom stereocenters. The molecule has 0 bridgehead atoms. The van der Waals surface area contributed by atoms with Crippen LogP contribution in [-0.2, 0) is 10.0 Å². The van der Waals surface area contributed by atoms with Gasteiger partial charge in [0.25, 0.3) is 0 Å². The number of nitrogens with zero attached hydrogens (tertiary/aromatic N) is 1. The fraction of sp³-hybridized carbons (Fsp3) is 0.368. The maximum atomic E-state index is 13.2. The smallest absolute Gasteiger partial charge is 0.243 e. The van der Waals surface area contributed by atoms with E-state index in [9.17, 15) is 8.42 Å². The van der Waals surface area contributed by atoms with Crippen LogP contribution in [0.15, 0.2) is 45.8 Å². The number of benzene rings is 2. The first-order valence-electron chi connectivity index (χ1n) is 8.38. The van der Waals surface area contributed by atoms with Crippen molar-refractivity contribution in [3.63, 3.8) is 0 Å². The van der Waals surface area contributed by atoms with Crippen molar-refractivity contribution in [3.8, 4) is 11.5 Å². The predicted molar refractivity (Wildman–Crippen MR) is 104 cm³/mol. The third-order valence-electron chi connectivity index (χ3n) is 4.73. The van der Waals surface area contributed by atoms with Crippen molar-refractivity contribution in [2.45, 2.75) is 30.7 Å². The highest BCUT2D eigenvalue weighted by Crippen LogP contribution is 2.40. The Kier molecular flexibility index (Phi) is 5.60. The second-order valence-electron chi connectivity index (χ2n) is 6.30. The number of rotatable bonds is 5. The van der Waals surface area contributed by atoms with Crippen LogP contribution in [-0.4, -0.2) is 33.5 Å². The maximum absolute atomic E-state index is 13.2. The summed E-state index contributed by atoms with van der Waals surface area (Å²) in [7, 11) is -0.408. The molecule has 0 aliphatic carbocycles. The van der Waals surface area contributed by atoms with Crippen LogP contribution in [0.1, 0.15) is 30.0 Å². The molecule has 0 aromatic heterocycles. The van der Waals surface area contributed by atoms with E-state index < -0.39 is 10.0 Å². The molecule has 2 aromatic carbocycles. The second-order valence-corrected chi connectivity index (χ2v) is 9.04. The molecule has 2 aromatic rings. The fourth-order valence-electron chi connectivity index (χ4n) is 3.33. The van der Waals surface area contributed by atoms with Crippen LogP contribution in [0, 0.1) is 6.92 Å². The Morgan fingerprint density at radius 1 is 1.08 bits per heavy atom. The van der Waals surface area contributed by atoms with E-state index in [2.05, 4.69) is 15.9 Å². The Morgan fingerprint density at radius 3 is 2.46 bits per heavy atom. The zero-order valence-corrected chi connectivity index (χ0v) is 17.4. The molecule has 140 valence electrons. The minimum Gasteiger partial charge on any atom is -0.493 e. The number of sulfonamides is 1. The van der Waals surface area contributed by atoms with E-state index in [1.165, 1.54) is 0 Å². The van der Waals surface area contributed by atoms with Crippen molar-refractivity contribution >= 4 is 26.0 Å². The van der Waals surface area contributed by atoms with Crippen LogP contribution in [0.4, 0.5) is 0 Å². The highest BCUT2D eigenvalue weighted by atomic mass is 79.9. The Balaban J connectivity index is 1.98. The van der Waals surface area contributed by atoms with Gasteiger partial charge in [-0.1, -0.05) is 22.0 Å². The maximum Gasteiger partial charge on any atom is 0.243 e. The lowest BCUT2D eigenvalue weighted by Gasteiger charge is -2.25. The Labute approximate surface area is 163 Å². The molecule has 1 heterocycles. The van der Waals surface area contributed by atoms with Gasteiger partial charge in [-0.3, -0.25) is 0 Å². The second kappa shape index (κ2) is 7.58. The lowest BCUT2D eigenvalue weighted by molar-refractivity contribution is 0.351. The number of ether oxygens (including phenoxy) is 2. The Bertz CT molecular complexity index is 914. The summed E-state index contributed by atoms with van der Waals surface area (Å²) in [4.78, 5) is 0.325. The number of hydrogen-bond donors (Lipinski definition) is 0. The van der Waals surface area contributed by atoms with E-state index in [1.807, 2.05) is 25.1 Å². The molecule has 0 amide bonds. The number of methoxy groups -OCH3 is 2. The molecule has 3 rings (SSSR count). The SMILES string of the molecule is COc1ccc([C@H]2CCCN2S(=O)(=O)c2ccc(Br)c(C)c2)cc1OC. The van der Waals surface area contributed by atoms with Gasteiger partial charge in [0.1, 0.15) is 0 Å². The van der Waals surface area contributed by atoms with Crippen molar-refractivity contribution in [2.24, 2.45) is 0 Å². The Morgan fingerprint density at radius 2 is 1.81 bits per heavy atom. The minimum absolute atomic E-state index is 0.205. The van der Waals surface area contributed by atoms with Gasteiger partial charge in [0.2, 0.25) is 10.0 Å². The standard InChI is InChI=1S/C19H22BrNO4S/c1-13-11-15(7-8-16(13)20)26(22,23)21-10-4-5-17(21)14-6-9-18(24-2)19(12-14)25-3/h6-9,11-12,17H,4-5,10H2,1-3H3/t17-/m1/s1. The van der Waals surface area contributed by atoms with Crippen LogP contribution in [0.5, 0.6) is 11.5 Å². The van der Waals surface area contributed by atoms with E-state index in [1.54, 1.807) is 36.7 Å². The molecule has 0 radical (unpaired) electrons. The van der Waals surface area contributed by atoms with Crippen LogP contribution >= 0.6 is 15.9 Å². The van der Waals surface area contributed by atoms with Gasteiger partial charge in [0.15, 0.2) is 11.5 Å². The molecule has 1 fully saturated rings. The molecule has 0 saturated carbocycles. The first-order valence-corrected chi connectivity index (χ1v) is 10.6. The normalized spacial score (nSPS) is 18.1. The topological polar surface area (TPSA) is 55.8 Å². The molecule has 0 spiro atoms. The summed E-state index contributed by atoms with van der Waals surface area (Å²) >= 11 is 3.42. The van der Waals surface area contributed by atoms with Crippen LogP contribution in [0.25, 0.3) is 0 Å². The summed E-state index contributed by atoms with van der Waals surface area (Å²) in [6.07, 6.45) is 1.61. The molecule has 0 N–H and O–H groups in total. The average molecular weight is 440 g/mol. The number of aryl methyl sites for hydroxylation is 1. The molecule has 5 nitrogen and oxygen atoms in total. The van der Waals surface area contributed by atoms with Crippen molar-refractivity contribution < 1.29 is 17.9 Å². The molecule has 1 saturated heterocycles. The number of halogens is 1. The van der Waals surface area contributed by atoms with Gasteiger partial charge in [-0.15, -0.1) is 0 Å². The van der Waals surface area contributed by atoms with Crippen molar-refractivity contribution in [1.82, 2.24) is 4.31 Å². The summed E-state index contributed by atoms with van der Waals surface area (Å²) < 4.78 is 39.6. The third-order valence-corrected chi connectivity index (χ3v) is 7.53. The molecule has 26 heavy (non-hydrogen) atoms. The average Bonchev–Trinajstić information content (AvgIpc) is 3.14. The zero-order chi connectivity index (χ0) is 18.9. The third kappa shape index (κ3) is 3.48. The summed E-state index contributed by atoms with van der Waals surface area (Å²) in [5, 5.41) is 0. The molecule has 7 heteroatoms. The van der Waals surface area contributed by atoms with Crippen molar-refractivity contribution in [1.29, 1.82) is 0 Å². The first-order chi connectivity index (χ1) is 12.4. The van der Waals surface area contributed by atoms with Crippen molar-refractivity contribution in [3.05, 3.63) is 52.0 Å². The van der Waals surface area contributed by atoms with E-state index in [4.69, 9.17) is 9.47 Å². The van der Waals surface area contributed by atoms with E-state index in [0.29, 0.717) is 22.9 Å². The van der Waals surface area contributed by atoms with Gasteiger partial charge in [0, 0.05) is 11.0 Å². The minimum atomic E-state index is -3.57. The van der Waals surface area contributed by atoms with Gasteiger partial charge in [-0.05, 0) is 61.2 Å². The van der Waals surface area contributed by atoms with E-state index in [-0.39, 0.29) is 6.04 Å². The largest absolute Gasteiger partial charge is 0.493 e. The lowest BCUT2D eigenvalue weighted by atomic mass is 10.0. The summed E-state index contributed by atoms with van der Waals surface area (Å²) in [5.41, 5.74) is 1.81. The van der Waals surface area contributed by atoms with Crippen LogP contribution < -0.4 is 9.47 Å². The molecule has 1 aliphatic heterocycles. The van der Waals surface area contributed by atoms with Crippen LogP contribution in [0.2, 0.25) is 0 Å². The zero-order valence-electron chi connectivity index (χ0n) is 15.0. The first kappa shape index (κ1) is 19.2. The molecule has 1 atom stereocenters. The lowest BCUT2D eigenvalue weighted by Crippen LogP contribution is -2.30. The van der Waals surface area contributed by atoms with Crippen LogP contribution in [0.3, 0.4) is 0 Å². The van der Waals surface area contributed by atoms with Gasteiger partial charge in [-0.25, -0.2) is 8.42 Å². The van der Waals surface area contributed by atoms with Gasteiger partial charge in [0.05, 0.1) is 25.2 Å².